The molecule has 0 aromatic carbocycles. The van der Waals surface area contributed by atoms with E-state index in [9.17, 15) is 4.79 Å². The van der Waals surface area contributed by atoms with Crippen LogP contribution in [-0.2, 0) is 11.2 Å². The lowest BCUT2D eigenvalue weighted by molar-refractivity contribution is -0.138. The second-order valence-electron chi connectivity index (χ2n) is 3.05. The van der Waals surface area contributed by atoms with Crippen LogP contribution in [0.1, 0.15) is 12.5 Å². The number of pyridine rings is 1. The van der Waals surface area contributed by atoms with E-state index >= 15 is 0 Å². The van der Waals surface area contributed by atoms with E-state index in [0.29, 0.717) is 18.1 Å². The van der Waals surface area contributed by atoms with Crippen molar-refractivity contribution in [2.75, 3.05) is 6.61 Å². The lowest BCUT2D eigenvalue weighted by Crippen LogP contribution is -2.32. The fourth-order valence-electron chi connectivity index (χ4n) is 1.17. The van der Waals surface area contributed by atoms with Gasteiger partial charge in [-0.2, -0.15) is 0 Å². The van der Waals surface area contributed by atoms with Crippen LogP contribution in [0.3, 0.4) is 0 Å². The first-order chi connectivity index (χ1) is 7.15. The molecule has 0 fully saturated rings. The third-order valence-electron chi connectivity index (χ3n) is 1.89. The third kappa shape index (κ3) is 3.21. The maximum absolute atomic E-state index is 10.6. The number of aromatic nitrogens is 1. The minimum Gasteiger partial charge on any atom is -0.480 e. The quantitative estimate of drug-likeness (QED) is 0.736. The summed E-state index contributed by atoms with van der Waals surface area (Å²) in [6.07, 6.45) is 1.82. The number of nitrogens with two attached hydrogens (primary N) is 1. The molecule has 0 bridgehead atoms. The van der Waals surface area contributed by atoms with Gasteiger partial charge in [-0.25, -0.2) is 4.98 Å². The van der Waals surface area contributed by atoms with Crippen molar-refractivity contribution in [3.05, 3.63) is 23.9 Å². The van der Waals surface area contributed by atoms with Crippen LogP contribution < -0.4 is 10.5 Å². The van der Waals surface area contributed by atoms with Crippen molar-refractivity contribution >= 4 is 5.97 Å². The van der Waals surface area contributed by atoms with E-state index in [1.54, 1.807) is 18.3 Å². The average Bonchev–Trinajstić information content (AvgIpc) is 2.21. The van der Waals surface area contributed by atoms with E-state index in [1.165, 1.54) is 0 Å². The van der Waals surface area contributed by atoms with E-state index in [2.05, 4.69) is 4.98 Å². The van der Waals surface area contributed by atoms with Crippen LogP contribution in [0.25, 0.3) is 0 Å². The summed E-state index contributed by atoms with van der Waals surface area (Å²) in [6.45, 7) is 2.34. The van der Waals surface area contributed by atoms with Gasteiger partial charge in [-0.05, 0) is 13.0 Å². The Kier molecular flexibility index (Phi) is 4.05. The first-order valence-corrected chi connectivity index (χ1v) is 4.70. The molecule has 0 spiro atoms. The van der Waals surface area contributed by atoms with Gasteiger partial charge in [0, 0.05) is 18.2 Å². The minimum atomic E-state index is -1.03. The lowest BCUT2D eigenvalue weighted by atomic mass is 10.1. The van der Waals surface area contributed by atoms with Crippen molar-refractivity contribution in [1.82, 2.24) is 4.98 Å². The normalized spacial score (nSPS) is 12.1. The van der Waals surface area contributed by atoms with Crippen LogP contribution in [0.15, 0.2) is 18.3 Å². The first-order valence-electron chi connectivity index (χ1n) is 4.70. The van der Waals surface area contributed by atoms with Gasteiger partial charge in [-0.15, -0.1) is 0 Å². The van der Waals surface area contributed by atoms with E-state index < -0.39 is 12.0 Å². The number of carbonyl (C=O) groups is 1. The summed E-state index contributed by atoms with van der Waals surface area (Å²) in [6, 6.07) is 2.57. The van der Waals surface area contributed by atoms with Crippen molar-refractivity contribution < 1.29 is 14.6 Å². The van der Waals surface area contributed by atoms with E-state index in [0.717, 1.165) is 0 Å². The molecule has 1 unspecified atom stereocenters. The Hall–Kier alpha value is -1.62. The predicted octanol–water partition coefficient (Wildman–Crippen LogP) is 0.435. The van der Waals surface area contributed by atoms with Gasteiger partial charge in [-0.1, -0.05) is 6.07 Å². The predicted molar refractivity (Wildman–Crippen MR) is 54.7 cm³/mol. The molecule has 0 aliphatic rings. The SMILES string of the molecule is CCOc1ncccc1CC(N)C(=O)O. The van der Waals surface area contributed by atoms with Crippen molar-refractivity contribution in [3.8, 4) is 5.88 Å². The summed E-state index contributed by atoms with van der Waals surface area (Å²) < 4.78 is 5.26. The average molecular weight is 210 g/mol. The van der Waals surface area contributed by atoms with Crippen molar-refractivity contribution in [1.29, 1.82) is 0 Å². The molecule has 1 aromatic heterocycles. The highest BCUT2D eigenvalue weighted by Crippen LogP contribution is 2.15. The number of hydrogen-bond acceptors (Lipinski definition) is 4. The van der Waals surface area contributed by atoms with Crippen LogP contribution in [0.5, 0.6) is 5.88 Å². The second-order valence-corrected chi connectivity index (χ2v) is 3.05. The maximum Gasteiger partial charge on any atom is 0.320 e. The molecule has 0 radical (unpaired) electrons. The molecule has 82 valence electrons. The van der Waals surface area contributed by atoms with Gasteiger partial charge in [-0.3, -0.25) is 4.79 Å². The number of rotatable bonds is 5. The molecule has 0 saturated heterocycles. The molecule has 1 aromatic rings. The Morgan fingerprint density at radius 2 is 2.47 bits per heavy atom. The Morgan fingerprint density at radius 3 is 3.07 bits per heavy atom. The Bertz CT molecular complexity index is 341. The smallest absolute Gasteiger partial charge is 0.320 e. The molecule has 15 heavy (non-hydrogen) atoms. The highest BCUT2D eigenvalue weighted by Gasteiger charge is 2.15. The van der Waals surface area contributed by atoms with Crippen molar-refractivity contribution in [3.63, 3.8) is 0 Å². The van der Waals surface area contributed by atoms with Crippen LogP contribution >= 0.6 is 0 Å². The van der Waals surface area contributed by atoms with E-state index in [-0.39, 0.29) is 6.42 Å². The van der Waals surface area contributed by atoms with Gasteiger partial charge < -0.3 is 15.6 Å². The monoisotopic (exact) mass is 210 g/mol. The largest absolute Gasteiger partial charge is 0.480 e. The third-order valence-corrected chi connectivity index (χ3v) is 1.89. The number of hydrogen-bond donors (Lipinski definition) is 2. The highest BCUT2D eigenvalue weighted by molar-refractivity contribution is 5.73. The van der Waals surface area contributed by atoms with Crippen LogP contribution in [0, 0.1) is 0 Å². The van der Waals surface area contributed by atoms with Crippen LogP contribution in [-0.4, -0.2) is 28.7 Å². The van der Waals surface area contributed by atoms with Gasteiger partial charge in [0.15, 0.2) is 0 Å². The zero-order valence-electron chi connectivity index (χ0n) is 8.51. The standard InChI is InChI=1S/C10H14N2O3/c1-2-15-9-7(4-3-5-12-9)6-8(11)10(13)14/h3-5,8H,2,6,11H2,1H3,(H,13,14). The van der Waals surface area contributed by atoms with E-state index in [4.69, 9.17) is 15.6 Å². The Balaban J connectivity index is 2.79. The fraction of sp³-hybridized carbons (Fsp3) is 0.400. The molecule has 5 heteroatoms. The van der Waals surface area contributed by atoms with Gasteiger partial charge in [0.1, 0.15) is 6.04 Å². The van der Waals surface area contributed by atoms with Gasteiger partial charge in [0.2, 0.25) is 5.88 Å². The zero-order chi connectivity index (χ0) is 11.3. The second kappa shape index (κ2) is 5.31. The molecule has 0 saturated carbocycles. The molecular formula is C10H14N2O3. The summed E-state index contributed by atoms with van der Waals surface area (Å²) in [4.78, 5) is 14.6. The topological polar surface area (TPSA) is 85.4 Å². The Labute approximate surface area is 87.9 Å². The molecule has 1 heterocycles. The molecule has 1 rings (SSSR count). The number of nitrogens with zero attached hydrogens (tertiary/aromatic N) is 1. The molecule has 0 aliphatic heterocycles. The zero-order valence-corrected chi connectivity index (χ0v) is 8.51. The molecule has 0 amide bonds. The number of aliphatic carboxylic acids is 1. The summed E-state index contributed by atoms with van der Waals surface area (Å²) in [7, 11) is 0. The van der Waals surface area contributed by atoms with Gasteiger partial charge >= 0.3 is 5.97 Å². The Morgan fingerprint density at radius 1 is 1.73 bits per heavy atom. The molecule has 1 atom stereocenters. The molecule has 3 N–H and O–H groups in total. The summed E-state index contributed by atoms with van der Waals surface area (Å²) in [5, 5.41) is 8.68. The van der Waals surface area contributed by atoms with Crippen molar-refractivity contribution in [2.24, 2.45) is 5.73 Å². The summed E-state index contributed by atoms with van der Waals surface area (Å²) >= 11 is 0. The maximum atomic E-state index is 10.6. The summed E-state index contributed by atoms with van der Waals surface area (Å²) in [5.41, 5.74) is 6.15. The molecule has 5 nitrogen and oxygen atoms in total. The lowest BCUT2D eigenvalue weighted by Gasteiger charge is -2.10. The summed E-state index contributed by atoms with van der Waals surface area (Å²) in [5.74, 6) is -0.571. The van der Waals surface area contributed by atoms with Crippen LogP contribution in [0.2, 0.25) is 0 Å². The van der Waals surface area contributed by atoms with E-state index in [1.807, 2.05) is 6.92 Å². The van der Waals surface area contributed by atoms with Crippen LogP contribution in [0.4, 0.5) is 0 Å². The highest BCUT2D eigenvalue weighted by atomic mass is 16.5. The van der Waals surface area contributed by atoms with Gasteiger partial charge in [0.05, 0.1) is 6.61 Å². The number of carboxylic acid groups (broad SMARTS) is 1. The molecular weight excluding hydrogens is 196 g/mol. The minimum absolute atomic E-state index is 0.221. The number of ether oxygens (including phenoxy) is 1. The molecule has 0 aliphatic carbocycles. The van der Waals surface area contributed by atoms with Gasteiger partial charge in [0.25, 0.3) is 0 Å². The van der Waals surface area contributed by atoms with Crippen molar-refractivity contribution in [2.45, 2.75) is 19.4 Å². The first kappa shape index (κ1) is 11.5. The number of carboxylic acids is 1. The fourth-order valence-corrected chi connectivity index (χ4v) is 1.17.